The van der Waals surface area contributed by atoms with Gasteiger partial charge in [0.1, 0.15) is 21.0 Å². The first-order chi connectivity index (χ1) is 15.7. The molecule has 1 saturated heterocycles. The molecule has 1 aromatic carbocycles. The Labute approximate surface area is 195 Å². The van der Waals surface area contributed by atoms with Gasteiger partial charge in [-0.2, -0.15) is 0 Å². The smallest absolute Gasteiger partial charge is 0.410 e. The van der Waals surface area contributed by atoms with Crippen LogP contribution in [0.25, 0.3) is 20.9 Å². The van der Waals surface area contributed by atoms with E-state index < -0.39 is 10.5 Å². The van der Waals surface area contributed by atoms with Crippen LogP contribution in [0.1, 0.15) is 39.2 Å². The highest BCUT2D eigenvalue weighted by atomic mass is 32.1. The number of amides is 1. The van der Waals surface area contributed by atoms with Crippen molar-refractivity contribution in [3.05, 3.63) is 52.2 Å². The molecule has 0 saturated carbocycles. The number of carbonyl (C=O) groups is 1. The third-order valence-corrected chi connectivity index (χ3v) is 6.23. The lowest BCUT2D eigenvalue weighted by Gasteiger charge is -2.33. The highest BCUT2D eigenvalue weighted by Gasteiger charge is 2.27. The van der Waals surface area contributed by atoms with Gasteiger partial charge in [0.05, 0.1) is 23.2 Å². The van der Waals surface area contributed by atoms with Crippen molar-refractivity contribution in [2.24, 2.45) is 0 Å². The number of nitrogens with zero attached hydrogens (tertiary/aromatic N) is 4. The van der Waals surface area contributed by atoms with Gasteiger partial charge in [0, 0.05) is 25.4 Å². The molecule has 1 aliphatic rings. The number of hydrogen-bond acceptors (Lipinski definition) is 8. The van der Waals surface area contributed by atoms with E-state index in [0.29, 0.717) is 35.8 Å². The van der Waals surface area contributed by atoms with Crippen LogP contribution in [0.3, 0.4) is 0 Å². The SMILES string of the molecule is CC(C)(C)OC(=O)N1CCC(OCc2cnc3sc(-c4ccccc4[N+](=O)[O-])nc3c2)CC1. The average Bonchev–Trinajstić information content (AvgIpc) is 3.20. The number of nitro benzene ring substituents is 1. The number of para-hydroxylation sites is 1. The fourth-order valence-corrected chi connectivity index (χ4v) is 4.54. The molecule has 1 amide bonds. The summed E-state index contributed by atoms with van der Waals surface area (Å²) in [5.41, 5.74) is 1.58. The molecular formula is C23H26N4O5S. The van der Waals surface area contributed by atoms with Gasteiger partial charge in [0.2, 0.25) is 0 Å². The van der Waals surface area contributed by atoms with Crippen molar-refractivity contribution in [2.75, 3.05) is 13.1 Å². The Morgan fingerprint density at radius 3 is 2.70 bits per heavy atom. The maximum Gasteiger partial charge on any atom is 0.410 e. The number of nitro groups is 1. The lowest BCUT2D eigenvalue weighted by molar-refractivity contribution is -0.384. The van der Waals surface area contributed by atoms with Crippen molar-refractivity contribution >= 4 is 33.5 Å². The van der Waals surface area contributed by atoms with Crippen LogP contribution in [0.5, 0.6) is 0 Å². The second-order valence-corrected chi connectivity index (χ2v) is 9.92. The standard InChI is InChI=1S/C23H26N4O5S/c1-23(2,3)32-22(28)26-10-8-16(9-11-26)31-14-15-12-18-21(24-13-15)33-20(25-18)17-6-4-5-7-19(17)27(29)30/h4-7,12-13,16H,8-11,14H2,1-3H3. The summed E-state index contributed by atoms with van der Waals surface area (Å²) in [7, 11) is 0. The van der Waals surface area contributed by atoms with Crippen LogP contribution in [-0.2, 0) is 16.1 Å². The molecule has 3 aromatic rings. The molecule has 3 heterocycles. The Balaban J connectivity index is 1.37. The van der Waals surface area contributed by atoms with Gasteiger partial charge in [-0.3, -0.25) is 10.1 Å². The summed E-state index contributed by atoms with van der Waals surface area (Å²) in [6, 6.07) is 8.48. The molecule has 4 rings (SSSR count). The van der Waals surface area contributed by atoms with Crippen LogP contribution in [0.15, 0.2) is 36.5 Å². The molecule has 9 nitrogen and oxygen atoms in total. The van der Waals surface area contributed by atoms with E-state index in [4.69, 9.17) is 9.47 Å². The lowest BCUT2D eigenvalue weighted by atomic mass is 10.1. The Morgan fingerprint density at radius 2 is 2.00 bits per heavy atom. The predicted molar refractivity (Wildman–Crippen MR) is 125 cm³/mol. The van der Waals surface area contributed by atoms with E-state index in [9.17, 15) is 14.9 Å². The molecule has 10 heteroatoms. The van der Waals surface area contributed by atoms with Crippen molar-refractivity contribution in [3.63, 3.8) is 0 Å². The van der Waals surface area contributed by atoms with Crippen LogP contribution < -0.4 is 0 Å². The van der Waals surface area contributed by atoms with E-state index in [-0.39, 0.29) is 17.9 Å². The van der Waals surface area contributed by atoms with Gasteiger partial charge in [-0.05, 0) is 51.3 Å². The summed E-state index contributed by atoms with van der Waals surface area (Å²) in [4.78, 5) is 34.6. The largest absolute Gasteiger partial charge is 0.444 e. The number of likely N-dealkylation sites (tertiary alicyclic amines) is 1. The van der Waals surface area contributed by atoms with Crippen LogP contribution in [0.2, 0.25) is 0 Å². The van der Waals surface area contributed by atoms with Gasteiger partial charge in [-0.25, -0.2) is 14.8 Å². The second kappa shape index (κ2) is 9.40. The van der Waals surface area contributed by atoms with Gasteiger partial charge >= 0.3 is 6.09 Å². The molecule has 0 bridgehead atoms. The van der Waals surface area contributed by atoms with Crippen molar-refractivity contribution in [3.8, 4) is 10.6 Å². The minimum atomic E-state index is -0.503. The number of benzene rings is 1. The number of carbonyl (C=O) groups excluding carboxylic acids is 1. The fourth-order valence-electron chi connectivity index (χ4n) is 3.62. The van der Waals surface area contributed by atoms with Gasteiger partial charge in [-0.1, -0.05) is 23.5 Å². The highest BCUT2D eigenvalue weighted by Crippen LogP contribution is 2.35. The first-order valence-electron chi connectivity index (χ1n) is 10.8. The number of piperidine rings is 1. The van der Waals surface area contributed by atoms with Gasteiger partial charge in [-0.15, -0.1) is 0 Å². The molecule has 0 spiro atoms. The normalized spacial score (nSPS) is 15.1. The van der Waals surface area contributed by atoms with Crippen molar-refractivity contribution < 1.29 is 19.2 Å². The Kier molecular flexibility index (Phi) is 6.57. The minimum absolute atomic E-state index is 0.0258. The maximum atomic E-state index is 12.2. The third-order valence-electron chi connectivity index (χ3n) is 5.21. The Bertz CT molecular complexity index is 1170. The molecule has 174 valence electrons. The average molecular weight is 471 g/mol. The zero-order valence-corrected chi connectivity index (χ0v) is 19.6. The zero-order chi connectivity index (χ0) is 23.6. The Morgan fingerprint density at radius 1 is 1.27 bits per heavy atom. The van der Waals surface area contributed by atoms with Crippen molar-refractivity contribution in [1.82, 2.24) is 14.9 Å². The minimum Gasteiger partial charge on any atom is -0.444 e. The molecule has 33 heavy (non-hydrogen) atoms. The number of aromatic nitrogens is 2. The molecule has 1 aliphatic heterocycles. The summed E-state index contributed by atoms with van der Waals surface area (Å²) in [6.45, 7) is 7.16. The molecule has 0 radical (unpaired) electrons. The monoisotopic (exact) mass is 470 g/mol. The zero-order valence-electron chi connectivity index (χ0n) is 18.8. The van der Waals surface area contributed by atoms with E-state index >= 15 is 0 Å². The molecule has 0 atom stereocenters. The van der Waals surface area contributed by atoms with Crippen LogP contribution >= 0.6 is 11.3 Å². The number of rotatable bonds is 5. The maximum absolute atomic E-state index is 12.2. The quantitative estimate of drug-likeness (QED) is 0.373. The van der Waals surface area contributed by atoms with Crippen molar-refractivity contribution in [1.29, 1.82) is 0 Å². The summed E-state index contributed by atoms with van der Waals surface area (Å²) in [5, 5.41) is 11.9. The van der Waals surface area contributed by atoms with E-state index in [1.54, 1.807) is 29.3 Å². The lowest BCUT2D eigenvalue weighted by Crippen LogP contribution is -2.43. The number of ether oxygens (including phenoxy) is 2. The van der Waals surface area contributed by atoms with E-state index in [2.05, 4.69) is 9.97 Å². The molecule has 0 N–H and O–H groups in total. The van der Waals surface area contributed by atoms with Crippen LogP contribution in [0, 0.1) is 10.1 Å². The third kappa shape index (κ3) is 5.63. The molecule has 2 aromatic heterocycles. The van der Waals surface area contributed by atoms with E-state index in [1.165, 1.54) is 17.4 Å². The molecule has 0 aliphatic carbocycles. The summed E-state index contributed by atoms with van der Waals surface area (Å²) < 4.78 is 11.5. The first kappa shape index (κ1) is 23.1. The predicted octanol–water partition coefficient (Wildman–Crippen LogP) is 5.18. The van der Waals surface area contributed by atoms with Gasteiger partial charge in [0.25, 0.3) is 5.69 Å². The number of thiazole rings is 1. The van der Waals surface area contributed by atoms with Crippen LogP contribution in [-0.4, -0.2) is 50.7 Å². The van der Waals surface area contributed by atoms with Gasteiger partial charge < -0.3 is 14.4 Å². The topological polar surface area (TPSA) is 108 Å². The Hall–Kier alpha value is -3.11. The first-order valence-corrected chi connectivity index (χ1v) is 11.6. The molecule has 1 fully saturated rings. The molecule has 0 unspecified atom stereocenters. The van der Waals surface area contributed by atoms with E-state index in [0.717, 1.165) is 23.2 Å². The van der Waals surface area contributed by atoms with Crippen LogP contribution in [0.4, 0.5) is 10.5 Å². The second-order valence-electron chi connectivity index (χ2n) is 8.94. The fraction of sp³-hybridized carbons (Fsp3) is 0.435. The summed E-state index contributed by atoms with van der Waals surface area (Å²) in [6.07, 6.45) is 3.01. The number of fused-ring (bicyclic) bond motifs is 1. The highest BCUT2D eigenvalue weighted by molar-refractivity contribution is 7.21. The summed E-state index contributed by atoms with van der Waals surface area (Å²) in [5.74, 6) is 0. The number of pyridine rings is 1. The van der Waals surface area contributed by atoms with Crippen molar-refractivity contribution in [2.45, 2.75) is 51.9 Å². The summed E-state index contributed by atoms with van der Waals surface area (Å²) >= 11 is 1.33. The van der Waals surface area contributed by atoms with Gasteiger partial charge in [0.15, 0.2) is 0 Å². The molecular weight excluding hydrogens is 444 g/mol. The number of hydrogen-bond donors (Lipinski definition) is 0. The van der Waals surface area contributed by atoms with E-state index in [1.807, 2.05) is 26.8 Å².